The molecule has 0 heterocycles. The lowest BCUT2D eigenvalue weighted by Crippen LogP contribution is -2.05. The van der Waals surface area contributed by atoms with Crippen LogP contribution in [0.5, 0.6) is 11.5 Å². The number of ether oxygens (including phenoxy) is 1. The highest BCUT2D eigenvalue weighted by molar-refractivity contribution is 5.90. The molecule has 0 radical (unpaired) electrons. The molecule has 0 fully saturated rings. The minimum atomic E-state index is -0.464. The monoisotopic (exact) mass is 281 g/mol. The van der Waals surface area contributed by atoms with E-state index in [2.05, 4.69) is 13.8 Å². The van der Waals surface area contributed by atoms with E-state index in [-0.39, 0.29) is 0 Å². The third-order valence-corrected chi connectivity index (χ3v) is 3.07. The molecule has 0 saturated carbocycles. The second kappa shape index (κ2) is 6.75. The Kier molecular flexibility index (Phi) is 4.77. The zero-order valence-corrected chi connectivity index (χ0v) is 12.2. The van der Waals surface area contributed by atoms with Crippen molar-refractivity contribution in [1.29, 1.82) is 0 Å². The average Bonchev–Trinajstić information content (AvgIpc) is 2.46. The van der Waals surface area contributed by atoms with E-state index in [0.717, 1.165) is 22.6 Å². The Morgan fingerprint density at radius 1 is 1.14 bits per heavy atom. The number of carbonyl (C=O) groups is 1. The second-order valence-electron chi connectivity index (χ2n) is 5.10. The predicted octanol–water partition coefficient (Wildman–Crippen LogP) is 4.10. The van der Waals surface area contributed by atoms with Crippen molar-refractivity contribution in [2.24, 2.45) is 5.73 Å². The Morgan fingerprint density at radius 3 is 2.48 bits per heavy atom. The van der Waals surface area contributed by atoms with E-state index in [4.69, 9.17) is 10.5 Å². The summed E-state index contributed by atoms with van der Waals surface area (Å²) >= 11 is 0. The SMILES string of the molecule is CC(C)c1ccc(/C=C/C(N)=O)cc1Oc1ccccc1. The third kappa shape index (κ3) is 4.21. The number of benzene rings is 2. The summed E-state index contributed by atoms with van der Waals surface area (Å²) in [6.45, 7) is 4.23. The minimum Gasteiger partial charge on any atom is -0.457 e. The van der Waals surface area contributed by atoms with Gasteiger partial charge in [-0.1, -0.05) is 44.2 Å². The standard InChI is InChI=1S/C18H19NO2/c1-13(2)16-10-8-14(9-11-18(19)20)12-17(16)21-15-6-4-3-5-7-15/h3-13H,1-2H3,(H2,19,20)/b11-9+. The first-order chi connectivity index (χ1) is 10.1. The average molecular weight is 281 g/mol. The molecule has 2 N–H and O–H groups in total. The molecule has 0 unspecified atom stereocenters. The number of rotatable bonds is 5. The molecule has 0 aliphatic rings. The van der Waals surface area contributed by atoms with Crippen LogP contribution in [0.2, 0.25) is 0 Å². The molecule has 3 heteroatoms. The molecule has 0 saturated heterocycles. The van der Waals surface area contributed by atoms with Crippen molar-refractivity contribution >= 4 is 12.0 Å². The number of nitrogens with two attached hydrogens (primary N) is 1. The van der Waals surface area contributed by atoms with Gasteiger partial charge in [-0.2, -0.15) is 0 Å². The van der Waals surface area contributed by atoms with Gasteiger partial charge in [-0.3, -0.25) is 4.79 Å². The maximum absolute atomic E-state index is 10.8. The molecule has 1 amide bonds. The van der Waals surface area contributed by atoms with Crippen LogP contribution in [-0.4, -0.2) is 5.91 Å². The number of para-hydroxylation sites is 1. The molecular formula is C18H19NO2. The predicted molar refractivity (Wildman–Crippen MR) is 85.3 cm³/mol. The lowest BCUT2D eigenvalue weighted by Gasteiger charge is -2.14. The first kappa shape index (κ1) is 14.9. The summed E-state index contributed by atoms with van der Waals surface area (Å²) in [6, 6.07) is 15.5. The van der Waals surface area contributed by atoms with E-state index in [1.807, 2.05) is 48.5 Å². The molecule has 0 aliphatic carbocycles. The van der Waals surface area contributed by atoms with Crippen molar-refractivity contribution in [3.63, 3.8) is 0 Å². The topological polar surface area (TPSA) is 52.3 Å². The molecule has 2 aromatic carbocycles. The Morgan fingerprint density at radius 2 is 1.86 bits per heavy atom. The molecule has 2 rings (SSSR count). The molecule has 0 spiro atoms. The molecule has 0 aliphatic heterocycles. The van der Waals surface area contributed by atoms with E-state index < -0.39 is 5.91 Å². The van der Waals surface area contributed by atoms with Crippen LogP contribution in [0, 0.1) is 0 Å². The van der Waals surface area contributed by atoms with Crippen LogP contribution < -0.4 is 10.5 Å². The maximum Gasteiger partial charge on any atom is 0.241 e. The molecule has 0 aromatic heterocycles. The fraction of sp³-hybridized carbons (Fsp3) is 0.167. The molecule has 3 nitrogen and oxygen atoms in total. The maximum atomic E-state index is 10.8. The summed E-state index contributed by atoms with van der Waals surface area (Å²) in [5, 5.41) is 0. The van der Waals surface area contributed by atoms with Gasteiger partial charge in [0.25, 0.3) is 0 Å². The summed E-state index contributed by atoms with van der Waals surface area (Å²) < 4.78 is 5.97. The van der Waals surface area contributed by atoms with Gasteiger partial charge in [0.1, 0.15) is 11.5 Å². The summed E-state index contributed by atoms with van der Waals surface area (Å²) in [5.74, 6) is 1.46. The number of amides is 1. The Bertz CT molecular complexity index is 646. The molecule has 108 valence electrons. The highest BCUT2D eigenvalue weighted by Gasteiger charge is 2.09. The van der Waals surface area contributed by atoms with E-state index in [0.29, 0.717) is 5.92 Å². The largest absolute Gasteiger partial charge is 0.457 e. The normalized spacial score (nSPS) is 11.0. The van der Waals surface area contributed by atoms with Gasteiger partial charge < -0.3 is 10.5 Å². The zero-order valence-electron chi connectivity index (χ0n) is 12.2. The molecule has 0 bridgehead atoms. The fourth-order valence-electron chi connectivity index (χ4n) is 2.01. The quantitative estimate of drug-likeness (QED) is 0.839. The molecule has 0 atom stereocenters. The van der Waals surface area contributed by atoms with Crippen LogP contribution in [-0.2, 0) is 4.79 Å². The summed E-state index contributed by atoms with van der Waals surface area (Å²) in [5.41, 5.74) is 7.12. The smallest absolute Gasteiger partial charge is 0.241 e. The molecule has 2 aromatic rings. The van der Waals surface area contributed by atoms with E-state index >= 15 is 0 Å². The van der Waals surface area contributed by atoms with Gasteiger partial charge in [0.15, 0.2) is 0 Å². The molecular weight excluding hydrogens is 262 g/mol. The second-order valence-corrected chi connectivity index (χ2v) is 5.10. The van der Waals surface area contributed by atoms with Crippen LogP contribution in [0.3, 0.4) is 0 Å². The van der Waals surface area contributed by atoms with Crippen molar-refractivity contribution in [2.45, 2.75) is 19.8 Å². The first-order valence-corrected chi connectivity index (χ1v) is 6.90. The van der Waals surface area contributed by atoms with Gasteiger partial charge in [-0.15, -0.1) is 0 Å². The van der Waals surface area contributed by atoms with Crippen molar-refractivity contribution in [3.8, 4) is 11.5 Å². The van der Waals surface area contributed by atoms with E-state index in [9.17, 15) is 4.79 Å². The van der Waals surface area contributed by atoms with Crippen LogP contribution in [0.25, 0.3) is 6.08 Å². The number of primary amides is 1. The molecule has 21 heavy (non-hydrogen) atoms. The van der Waals surface area contributed by atoms with Crippen LogP contribution >= 0.6 is 0 Å². The first-order valence-electron chi connectivity index (χ1n) is 6.90. The van der Waals surface area contributed by atoms with Gasteiger partial charge >= 0.3 is 0 Å². The highest BCUT2D eigenvalue weighted by Crippen LogP contribution is 2.31. The van der Waals surface area contributed by atoms with Gasteiger partial charge in [0.05, 0.1) is 0 Å². The van der Waals surface area contributed by atoms with E-state index in [1.54, 1.807) is 6.08 Å². The Balaban J connectivity index is 2.35. The number of carbonyl (C=O) groups excluding carboxylic acids is 1. The lowest BCUT2D eigenvalue weighted by molar-refractivity contribution is -0.113. The van der Waals surface area contributed by atoms with E-state index in [1.165, 1.54) is 6.08 Å². The third-order valence-electron chi connectivity index (χ3n) is 3.07. The minimum absolute atomic E-state index is 0.345. The summed E-state index contributed by atoms with van der Waals surface area (Å²) in [7, 11) is 0. The van der Waals surface area contributed by atoms with Crippen LogP contribution in [0.15, 0.2) is 54.6 Å². The van der Waals surface area contributed by atoms with Crippen LogP contribution in [0.1, 0.15) is 30.9 Å². The van der Waals surface area contributed by atoms with Crippen LogP contribution in [0.4, 0.5) is 0 Å². The van der Waals surface area contributed by atoms with Crippen molar-refractivity contribution in [3.05, 3.63) is 65.7 Å². The summed E-state index contributed by atoms with van der Waals surface area (Å²) in [6.07, 6.45) is 3.03. The van der Waals surface area contributed by atoms with Crippen molar-refractivity contribution in [1.82, 2.24) is 0 Å². The van der Waals surface area contributed by atoms with Crippen molar-refractivity contribution < 1.29 is 9.53 Å². The Labute approximate surface area is 125 Å². The number of hydrogen-bond acceptors (Lipinski definition) is 2. The van der Waals surface area contributed by atoms with Crippen molar-refractivity contribution in [2.75, 3.05) is 0 Å². The lowest BCUT2D eigenvalue weighted by atomic mass is 10.00. The van der Waals surface area contributed by atoms with Gasteiger partial charge in [0, 0.05) is 6.08 Å². The summed E-state index contributed by atoms with van der Waals surface area (Å²) in [4.78, 5) is 10.8. The highest BCUT2D eigenvalue weighted by atomic mass is 16.5. The van der Waals surface area contributed by atoms with Gasteiger partial charge in [0.2, 0.25) is 5.91 Å². The fourth-order valence-corrected chi connectivity index (χ4v) is 2.01. The number of hydrogen-bond donors (Lipinski definition) is 1. The van der Waals surface area contributed by atoms with Gasteiger partial charge in [-0.25, -0.2) is 0 Å². The zero-order chi connectivity index (χ0) is 15.2. The van der Waals surface area contributed by atoms with Gasteiger partial charge in [-0.05, 0) is 41.3 Å². The Hall–Kier alpha value is -2.55.